The third-order valence-electron chi connectivity index (χ3n) is 6.17. The minimum atomic E-state index is -0.392. The number of nitrogens with zero attached hydrogens (tertiary/aromatic N) is 1. The summed E-state index contributed by atoms with van der Waals surface area (Å²) >= 11 is 0. The predicted octanol–water partition coefficient (Wildman–Crippen LogP) is 7.03. The van der Waals surface area contributed by atoms with Crippen LogP contribution in [0.2, 0.25) is 0 Å². The quantitative estimate of drug-likeness (QED) is 0.194. The molecule has 0 radical (unpaired) electrons. The first-order valence-corrected chi connectivity index (χ1v) is 12.0. The fourth-order valence-corrected chi connectivity index (χ4v) is 4.23. The average Bonchev–Trinajstić information content (AvgIpc) is 2.94. The Labute approximate surface area is 221 Å². The van der Waals surface area contributed by atoms with Gasteiger partial charge in [-0.1, -0.05) is 78.9 Å². The molecule has 0 fully saturated rings. The van der Waals surface area contributed by atoms with Crippen molar-refractivity contribution < 1.29 is 20.4 Å². The van der Waals surface area contributed by atoms with Gasteiger partial charge in [0.2, 0.25) is 0 Å². The Kier molecular flexibility index (Phi) is 8.28. The van der Waals surface area contributed by atoms with E-state index in [2.05, 4.69) is 18.2 Å². The van der Waals surface area contributed by atoms with Crippen molar-refractivity contribution in [3.63, 3.8) is 0 Å². The number of phenols is 4. The lowest BCUT2D eigenvalue weighted by Gasteiger charge is -2.19. The first-order chi connectivity index (χ1) is 18.4. The highest BCUT2D eigenvalue weighted by Crippen LogP contribution is 2.33. The van der Waals surface area contributed by atoms with Gasteiger partial charge in [0, 0.05) is 5.92 Å². The zero-order chi connectivity index (χ0) is 26.9. The van der Waals surface area contributed by atoms with E-state index in [1.165, 1.54) is 5.56 Å². The Hall–Kier alpha value is -5.21. The molecular formula is C33H27NO4. The maximum atomic E-state index is 9.48. The van der Waals surface area contributed by atoms with Gasteiger partial charge in [-0.25, -0.2) is 0 Å². The van der Waals surface area contributed by atoms with Crippen molar-refractivity contribution in [2.24, 2.45) is 0 Å². The molecule has 5 aromatic carbocycles. The number of hydrogen-bond donors (Lipinski definition) is 4. The van der Waals surface area contributed by atoms with Crippen LogP contribution in [0.4, 0.5) is 0 Å². The number of aromatic hydroxyl groups is 4. The van der Waals surface area contributed by atoms with Crippen molar-refractivity contribution in [3.8, 4) is 29.1 Å². The Bertz CT molecular complexity index is 1380. The van der Waals surface area contributed by atoms with Gasteiger partial charge >= 0.3 is 0 Å². The standard InChI is InChI=1S/C19H16O2.C14H11NO2/c20-17-10-6-15(7-11-17)19(14-4-2-1-3-5-14)16-8-12-18(21)13-9-16;15-9-14(10-1-5-12(16)6-2-10)11-3-7-13(17)8-4-11/h1-13,19-21H;1-8,14,16-17H. The van der Waals surface area contributed by atoms with E-state index in [1.54, 1.807) is 72.8 Å². The van der Waals surface area contributed by atoms with Gasteiger partial charge in [-0.2, -0.15) is 5.26 Å². The van der Waals surface area contributed by atoms with Crippen LogP contribution in [-0.2, 0) is 0 Å². The van der Waals surface area contributed by atoms with E-state index in [0.29, 0.717) is 0 Å². The van der Waals surface area contributed by atoms with Gasteiger partial charge in [-0.15, -0.1) is 0 Å². The smallest absolute Gasteiger partial charge is 0.115 e. The Morgan fingerprint density at radius 1 is 0.395 bits per heavy atom. The molecule has 0 aliphatic carbocycles. The average molecular weight is 502 g/mol. The SMILES string of the molecule is N#CC(c1ccc(O)cc1)c1ccc(O)cc1.Oc1ccc(C(c2ccccc2)c2ccc(O)cc2)cc1. The topological polar surface area (TPSA) is 105 Å². The molecule has 5 rings (SSSR count). The second kappa shape index (κ2) is 12.2. The lowest BCUT2D eigenvalue weighted by molar-refractivity contribution is 0.474. The molecule has 0 atom stereocenters. The second-order valence-corrected chi connectivity index (χ2v) is 8.77. The molecule has 4 N–H and O–H groups in total. The van der Waals surface area contributed by atoms with Gasteiger partial charge in [0.1, 0.15) is 23.0 Å². The molecule has 5 aromatic rings. The summed E-state index contributed by atoms with van der Waals surface area (Å²) in [6, 6.07) is 40.0. The Balaban J connectivity index is 0.000000181. The van der Waals surface area contributed by atoms with Crippen molar-refractivity contribution in [3.05, 3.63) is 155 Å². The Morgan fingerprint density at radius 3 is 1.00 bits per heavy atom. The molecule has 0 aromatic heterocycles. The number of phenolic OH excluding ortho intramolecular Hbond substituents is 4. The van der Waals surface area contributed by atoms with E-state index < -0.39 is 5.92 Å². The van der Waals surface area contributed by atoms with E-state index in [-0.39, 0.29) is 28.9 Å². The number of nitriles is 1. The number of hydrogen-bond acceptors (Lipinski definition) is 5. The molecule has 38 heavy (non-hydrogen) atoms. The summed E-state index contributed by atoms with van der Waals surface area (Å²) in [5.74, 6) is 0.559. The molecule has 0 saturated heterocycles. The molecule has 0 spiro atoms. The molecule has 0 aliphatic rings. The predicted molar refractivity (Wildman–Crippen MR) is 147 cm³/mol. The number of benzene rings is 5. The lowest BCUT2D eigenvalue weighted by atomic mass is 9.85. The van der Waals surface area contributed by atoms with E-state index >= 15 is 0 Å². The van der Waals surface area contributed by atoms with E-state index in [9.17, 15) is 25.7 Å². The highest BCUT2D eigenvalue weighted by molar-refractivity contribution is 5.45. The van der Waals surface area contributed by atoms with Crippen molar-refractivity contribution in [1.82, 2.24) is 0 Å². The van der Waals surface area contributed by atoms with Crippen LogP contribution < -0.4 is 0 Å². The van der Waals surface area contributed by atoms with Crippen molar-refractivity contribution in [2.75, 3.05) is 0 Å². The molecule has 0 unspecified atom stereocenters. The minimum Gasteiger partial charge on any atom is -0.508 e. The summed E-state index contributed by atoms with van der Waals surface area (Å²) in [6.07, 6.45) is 0. The highest BCUT2D eigenvalue weighted by Gasteiger charge is 2.16. The molecule has 0 amide bonds. The van der Waals surface area contributed by atoms with Crippen LogP contribution in [0.1, 0.15) is 39.7 Å². The molecule has 0 bridgehead atoms. The minimum absolute atomic E-state index is 0.0763. The van der Waals surface area contributed by atoms with Crippen LogP contribution in [-0.4, -0.2) is 20.4 Å². The monoisotopic (exact) mass is 501 g/mol. The van der Waals surface area contributed by atoms with Gasteiger partial charge in [-0.05, 0) is 76.3 Å². The van der Waals surface area contributed by atoms with Crippen LogP contribution in [0, 0.1) is 11.3 Å². The van der Waals surface area contributed by atoms with Crippen molar-refractivity contribution in [2.45, 2.75) is 11.8 Å². The molecular weight excluding hydrogens is 474 g/mol. The summed E-state index contributed by atoms with van der Waals surface area (Å²) in [6.45, 7) is 0. The fraction of sp³-hybridized carbons (Fsp3) is 0.0606. The second-order valence-electron chi connectivity index (χ2n) is 8.77. The van der Waals surface area contributed by atoms with Crippen molar-refractivity contribution >= 4 is 0 Å². The third kappa shape index (κ3) is 6.51. The third-order valence-corrected chi connectivity index (χ3v) is 6.17. The van der Waals surface area contributed by atoms with Gasteiger partial charge in [0.15, 0.2) is 0 Å². The summed E-state index contributed by atoms with van der Waals surface area (Å²) in [5.41, 5.74) is 5.01. The van der Waals surface area contributed by atoms with Gasteiger partial charge in [-0.3, -0.25) is 0 Å². The summed E-state index contributed by atoms with van der Waals surface area (Å²) in [4.78, 5) is 0. The van der Waals surface area contributed by atoms with Crippen LogP contribution in [0.5, 0.6) is 23.0 Å². The highest BCUT2D eigenvalue weighted by atomic mass is 16.3. The van der Waals surface area contributed by atoms with Crippen LogP contribution >= 0.6 is 0 Å². The molecule has 0 heterocycles. The zero-order valence-corrected chi connectivity index (χ0v) is 20.5. The summed E-state index contributed by atoms with van der Waals surface area (Å²) in [5, 5.41) is 46.6. The largest absolute Gasteiger partial charge is 0.508 e. The van der Waals surface area contributed by atoms with Crippen molar-refractivity contribution in [1.29, 1.82) is 5.26 Å². The molecule has 5 heteroatoms. The van der Waals surface area contributed by atoms with Gasteiger partial charge in [0.25, 0.3) is 0 Å². The first kappa shape index (κ1) is 25.9. The molecule has 0 aliphatic heterocycles. The van der Waals surface area contributed by atoms with Crippen LogP contribution in [0.25, 0.3) is 0 Å². The number of rotatable bonds is 5. The van der Waals surface area contributed by atoms with Crippen LogP contribution in [0.15, 0.2) is 127 Å². The molecule has 0 saturated carbocycles. The zero-order valence-electron chi connectivity index (χ0n) is 20.5. The molecule has 188 valence electrons. The van der Waals surface area contributed by atoms with E-state index in [0.717, 1.165) is 22.3 Å². The van der Waals surface area contributed by atoms with E-state index in [1.807, 2.05) is 42.5 Å². The lowest BCUT2D eigenvalue weighted by Crippen LogP contribution is -2.02. The normalized spacial score (nSPS) is 10.4. The summed E-state index contributed by atoms with van der Waals surface area (Å²) in [7, 11) is 0. The van der Waals surface area contributed by atoms with E-state index in [4.69, 9.17) is 0 Å². The molecule has 5 nitrogen and oxygen atoms in total. The Morgan fingerprint density at radius 2 is 0.684 bits per heavy atom. The fourth-order valence-electron chi connectivity index (χ4n) is 4.23. The van der Waals surface area contributed by atoms with Gasteiger partial charge in [0.05, 0.1) is 12.0 Å². The van der Waals surface area contributed by atoms with Crippen LogP contribution in [0.3, 0.4) is 0 Å². The maximum Gasteiger partial charge on any atom is 0.115 e. The first-order valence-electron chi connectivity index (χ1n) is 12.0. The summed E-state index contributed by atoms with van der Waals surface area (Å²) < 4.78 is 0. The maximum absolute atomic E-state index is 9.48. The van der Waals surface area contributed by atoms with Gasteiger partial charge < -0.3 is 20.4 Å².